The fraction of sp³-hybridized carbons (Fsp3) is 0.231. The summed E-state index contributed by atoms with van der Waals surface area (Å²) in [6.07, 6.45) is -0.502. The first-order valence-electron chi connectivity index (χ1n) is 5.08. The monoisotopic (exact) mass is 344 g/mol. The zero-order valence-corrected chi connectivity index (χ0v) is 12.2. The first-order valence-corrected chi connectivity index (χ1v) is 7.04. The summed E-state index contributed by atoms with van der Waals surface area (Å²) in [5, 5.41) is 12.4. The van der Waals surface area contributed by atoms with Gasteiger partial charge < -0.3 is 5.11 Å². The molecule has 0 spiro atoms. The molecule has 0 saturated heterocycles. The molecule has 0 fully saturated rings. The first-order chi connectivity index (χ1) is 7.61. The van der Waals surface area contributed by atoms with Gasteiger partial charge in [0.25, 0.3) is 0 Å². The number of aliphatic hydroxyl groups is 1. The number of aryl methyl sites for hydroxylation is 2. The molecule has 0 radical (unpaired) electrons. The molecule has 2 aromatic rings. The Labute approximate surface area is 113 Å². The van der Waals surface area contributed by atoms with Crippen molar-refractivity contribution in [2.24, 2.45) is 0 Å². The lowest BCUT2D eigenvalue weighted by Gasteiger charge is -2.14. The van der Waals surface area contributed by atoms with Crippen molar-refractivity contribution in [3.8, 4) is 0 Å². The number of halogens is 1. The van der Waals surface area contributed by atoms with Crippen LogP contribution in [-0.4, -0.2) is 5.11 Å². The predicted octanol–water partition coefficient (Wildman–Crippen LogP) is 4.05. The third-order valence-corrected chi connectivity index (χ3v) is 5.04. The fourth-order valence-electron chi connectivity index (χ4n) is 1.73. The largest absolute Gasteiger partial charge is 0.384 e. The van der Waals surface area contributed by atoms with Gasteiger partial charge in [-0.05, 0) is 64.6 Å². The Kier molecular flexibility index (Phi) is 3.66. The van der Waals surface area contributed by atoms with Crippen LogP contribution in [0.25, 0.3) is 0 Å². The maximum absolute atomic E-state index is 10.4. The van der Waals surface area contributed by atoms with Gasteiger partial charge in [0.05, 0.1) is 0 Å². The summed E-state index contributed by atoms with van der Waals surface area (Å²) in [6, 6.07) is 8.07. The Morgan fingerprint density at radius 3 is 2.56 bits per heavy atom. The molecule has 0 bridgehead atoms. The highest BCUT2D eigenvalue weighted by Gasteiger charge is 2.16. The molecule has 84 valence electrons. The van der Waals surface area contributed by atoms with Crippen LogP contribution in [0.3, 0.4) is 0 Å². The second-order valence-electron chi connectivity index (χ2n) is 3.81. The van der Waals surface area contributed by atoms with Gasteiger partial charge in [-0.25, -0.2) is 0 Å². The van der Waals surface area contributed by atoms with E-state index >= 15 is 0 Å². The van der Waals surface area contributed by atoms with Crippen molar-refractivity contribution in [1.82, 2.24) is 0 Å². The third kappa shape index (κ3) is 2.17. The van der Waals surface area contributed by atoms with Crippen LogP contribution in [0.2, 0.25) is 0 Å². The lowest BCUT2D eigenvalue weighted by molar-refractivity contribution is 0.219. The van der Waals surface area contributed by atoms with Gasteiger partial charge in [0, 0.05) is 8.45 Å². The average molecular weight is 344 g/mol. The van der Waals surface area contributed by atoms with Crippen molar-refractivity contribution in [3.05, 3.63) is 54.8 Å². The second kappa shape index (κ2) is 4.85. The van der Waals surface area contributed by atoms with Gasteiger partial charge >= 0.3 is 0 Å². The van der Waals surface area contributed by atoms with E-state index in [1.54, 1.807) is 11.3 Å². The molecule has 0 aliphatic carbocycles. The summed E-state index contributed by atoms with van der Waals surface area (Å²) in [6.45, 7) is 4.12. The second-order valence-corrected chi connectivity index (χ2v) is 6.01. The molecule has 1 aromatic heterocycles. The molecule has 1 atom stereocenters. The zero-order valence-electron chi connectivity index (χ0n) is 9.20. The molecule has 0 aliphatic rings. The van der Waals surface area contributed by atoms with E-state index in [4.69, 9.17) is 0 Å². The topological polar surface area (TPSA) is 20.2 Å². The Bertz CT molecular complexity index is 504. The lowest BCUT2D eigenvalue weighted by Crippen LogP contribution is -2.03. The van der Waals surface area contributed by atoms with Crippen molar-refractivity contribution in [2.45, 2.75) is 20.0 Å². The van der Waals surface area contributed by atoms with E-state index in [1.807, 2.05) is 30.5 Å². The molecule has 3 heteroatoms. The smallest absolute Gasteiger partial charge is 0.106 e. The van der Waals surface area contributed by atoms with Gasteiger partial charge in [0.2, 0.25) is 0 Å². The third-order valence-electron chi connectivity index (χ3n) is 2.71. The maximum atomic E-state index is 10.4. The van der Waals surface area contributed by atoms with Crippen molar-refractivity contribution >= 4 is 33.9 Å². The molecule has 1 unspecified atom stereocenters. The Morgan fingerprint density at radius 1 is 1.19 bits per heavy atom. The molecule has 16 heavy (non-hydrogen) atoms. The summed E-state index contributed by atoms with van der Waals surface area (Å²) >= 11 is 3.98. The van der Waals surface area contributed by atoms with Crippen LogP contribution >= 0.6 is 33.9 Å². The highest BCUT2D eigenvalue weighted by atomic mass is 127. The minimum absolute atomic E-state index is 0.502. The first kappa shape index (κ1) is 12.1. The van der Waals surface area contributed by atoms with Crippen LogP contribution in [0.1, 0.15) is 27.7 Å². The Balaban J connectivity index is 2.46. The molecule has 0 amide bonds. The van der Waals surface area contributed by atoms with Crippen molar-refractivity contribution in [3.63, 3.8) is 0 Å². The Hall–Kier alpha value is -0.390. The number of rotatable bonds is 2. The van der Waals surface area contributed by atoms with E-state index in [2.05, 4.69) is 35.6 Å². The molecule has 0 saturated carbocycles. The van der Waals surface area contributed by atoms with Crippen LogP contribution in [0, 0.1) is 17.4 Å². The van der Waals surface area contributed by atoms with Gasteiger partial charge in [-0.2, -0.15) is 0 Å². The number of hydrogen-bond donors (Lipinski definition) is 1. The summed E-state index contributed by atoms with van der Waals surface area (Å²) < 4.78 is 1.15. The van der Waals surface area contributed by atoms with Crippen LogP contribution < -0.4 is 0 Å². The van der Waals surface area contributed by atoms with Crippen LogP contribution in [0.5, 0.6) is 0 Å². The molecular weight excluding hydrogens is 331 g/mol. The van der Waals surface area contributed by atoms with E-state index in [1.165, 1.54) is 10.4 Å². The maximum Gasteiger partial charge on any atom is 0.106 e. The van der Waals surface area contributed by atoms with Crippen molar-refractivity contribution < 1.29 is 5.11 Å². The molecule has 1 aromatic carbocycles. The van der Waals surface area contributed by atoms with Gasteiger partial charge in [-0.15, -0.1) is 11.3 Å². The summed E-state index contributed by atoms with van der Waals surface area (Å²) in [7, 11) is 0. The van der Waals surface area contributed by atoms with Crippen molar-refractivity contribution in [2.75, 3.05) is 0 Å². The normalized spacial score (nSPS) is 12.8. The fourth-order valence-corrected chi connectivity index (χ4v) is 3.12. The molecular formula is C13H13IOS. The number of benzene rings is 1. The van der Waals surface area contributed by atoms with E-state index in [9.17, 15) is 5.11 Å². The standard InChI is InChI=1S/C13H13IOS/c1-8-4-3-5-11(12(8)14)13(15)10-6-7-16-9(10)2/h3-7,13,15H,1-2H3. The van der Waals surface area contributed by atoms with Gasteiger partial charge in [-0.1, -0.05) is 18.2 Å². The minimum Gasteiger partial charge on any atom is -0.384 e. The van der Waals surface area contributed by atoms with E-state index in [0.29, 0.717) is 0 Å². The quantitative estimate of drug-likeness (QED) is 0.815. The SMILES string of the molecule is Cc1cccc(C(O)c2ccsc2C)c1I. The van der Waals surface area contributed by atoms with Crippen LogP contribution in [-0.2, 0) is 0 Å². The van der Waals surface area contributed by atoms with Crippen LogP contribution in [0.4, 0.5) is 0 Å². The highest BCUT2D eigenvalue weighted by molar-refractivity contribution is 14.1. The number of hydrogen-bond acceptors (Lipinski definition) is 2. The van der Waals surface area contributed by atoms with Gasteiger partial charge in [-0.3, -0.25) is 0 Å². The Morgan fingerprint density at radius 2 is 1.94 bits per heavy atom. The molecule has 1 N–H and O–H groups in total. The highest BCUT2D eigenvalue weighted by Crippen LogP contribution is 2.31. The minimum atomic E-state index is -0.502. The summed E-state index contributed by atoms with van der Waals surface area (Å²) in [5.74, 6) is 0. The van der Waals surface area contributed by atoms with Gasteiger partial charge in [0.15, 0.2) is 0 Å². The molecule has 1 nitrogen and oxygen atoms in total. The lowest BCUT2D eigenvalue weighted by atomic mass is 10.0. The molecule has 1 heterocycles. The zero-order chi connectivity index (χ0) is 11.7. The van der Waals surface area contributed by atoms with Crippen LogP contribution in [0.15, 0.2) is 29.6 Å². The molecule has 0 aliphatic heterocycles. The summed E-state index contributed by atoms with van der Waals surface area (Å²) in [4.78, 5) is 1.19. The average Bonchev–Trinajstić information content (AvgIpc) is 2.68. The van der Waals surface area contributed by atoms with E-state index in [-0.39, 0.29) is 0 Å². The van der Waals surface area contributed by atoms with Crippen molar-refractivity contribution in [1.29, 1.82) is 0 Å². The number of thiophene rings is 1. The predicted molar refractivity (Wildman–Crippen MR) is 77.0 cm³/mol. The summed E-state index contributed by atoms with van der Waals surface area (Å²) in [5.41, 5.74) is 3.24. The van der Waals surface area contributed by atoms with Gasteiger partial charge in [0.1, 0.15) is 6.10 Å². The number of aliphatic hydroxyl groups excluding tert-OH is 1. The molecule has 2 rings (SSSR count). The van der Waals surface area contributed by atoms with E-state index in [0.717, 1.165) is 14.7 Å². The van der Waals surface area contributed by atoms with E-state index < -0.39 is 6.10 Å².